The summed E-state index contributed by atoms with van der Waals surface area (Å²) in [5.41, 5.74) is 1.08. The van der Waals surface area contributed by atoms with Crippen LogP contribution >= 0.6 is 0 Å². The number of nitrogens with zero attached hydrogens (tertiary/aromatic N) is 2. The lowest BCUT2D eigenvalue weighted by Crippen LogP contribution is -2.27. The molecule has 18 heavy (non-hydrogen) atoms. The van der Waals surface area contributed by atoms with Crippen LogP contribution in [0.15, 0.2) is 42.9 Å². The Labute approximate surface area is 104 Å². The molecule has 1 heterocycles. The summed E-state index contributed by atoms with van der Waals surface area (Å²) in [5.74, 6) is -0.605. The molecule has 1 aromatic carbocycles. The maximum absolute atomic E-state index is 12.8. The van der Waals surface area contributed by atoms with E-state index in [4.69, 9.17) is 0 Å². The lowest BCUT2D eigenvalue weighted by atomic mass is 10.1. The molecule has 5 heteroatoms. The Bertz CT molecular complexity index is 528. The molecule has 4 nitrogen and oxygen atoms in total. The molecule has 1 amide bonds. The lowest BCUT2D eigenvalue weighted by Gasteiger charge is -2.13. The molecule has 0 bridgehead atoms. The van der Waals surface area contributed by atoms with E-state index in [1.807, 2.05) is 6.92 Å². The molecule has 2 aromatic rings. The highest BCUT2D eigenvalue weighted by Crippen LogP contribution is 2.13. The number of rotatable bonds is 3. The zero-order valence-corrected chi connectivity index (χ0v) is 9.80. The summed E-state index contributed by atoms with van der Waals surface area (Å²) in [6.45, 7) is 1.82. The molecule has 0 spiro atoms. The first-order valence-electron chi connectivity index (χ1n) is 5.49. The van der Waals surface area contributed by atoms with Gasteiger partial charge in [-0.15, -0.1) is 0 Å². The summed E-state index contributed by atoms with van der Waals surface area (Å²) in [4.78, 5) is 19.5. The second-order valence-corrected chi connectivity index (χ2v) is 3.84. The Morgan fingerprint density at radius 1 is 1.28 bits per heavy atom. The summed E-state index contributed by atoms with van der Waals surface area (Å²) < 4.78 is 12.8. The summed E-state index contributed by atoms with van der Waals surface area (Å²) in [5, 5.41) is 2.77. The summed E-state index contributed by atoms with van der Waals surface area (Å²) in [7, 11) is 0. The topological polar surface area (TPSA) is 54.9 Å². The Kier molecular flexibility index (Phi) is 3.62. The van der Waals surface area contributed by atoms with Crippen LogP contribution in [0.5, 0.6) is 0 Å². The highest BCUT2D eigenvalue weighted by molar-refractivity contribution is 5.92. The Balaban J connectivity index is 2.06. The van der Waals surface area contributed by atoms with E-state index < -0.39 is 0 Å². The number of carbonyl (C=O) groups is 1. The molecule has 0 aliphatic rings. The highest BCUT2D eigenvalue weighted by atomic mass is 19.1. The molecular formula is C13H12FN3O. The van der Waals surface area contributed by atoms with Crippen molar-refractivity contribution in [2.45, 2.75) is 13.0 Å². The van der Waals surface area contributed by atoms with Crippen LogP contribution in [0.3, 0.4) is 0 Å². The van der Waals surface area contributed by atoms with Crippen LogP contribution in [0, 0.1) is 5.82 Å². The maximum atomic E-state index is 12.8. The minimum atomic E-state index is -0.306. The predicted molar refractivity (Wildman–Crippen MR) is 64.3 cm³/mol. The van der Waals surface area contributed by atoms with Gasteiger partial charge in [-0.2, -0.15) is 0 Å². The molecule has 0 unspecified atom stereocenters. The van der Waals surface area contributed by atoms with Crippen LogP contribution in [0.25, 0.3) is 0 Å². The van der Waals surface area contributed by atoms with E-state index in [1.165, 1.54) is 30.7 Å². The fraction of sp³-hybridized carbons (Fsp3) is 0.154. The Morgan fingerprint density at radius 2 is 2.00 bits per heavy atom. The van der Waals surface area contributed by atoms with E-state index in [-0.39, 0.29) is 23.5 Å². The molecular weight excluding hydrogens is 233 g/mol. The molecule has 1 atom stereocenters. The molecule has 0 fully saturated rings. The van der Waals surface area contributed by atoms with E-state index >= 15 is 0 Å². The predicted octanol–water partition coefficient (Wildman–Crippen LogP) is 2.11. The largest absolute Gasteiger partial charge is 0.344 e. The van der Waals surface area contributed by atoms with Crippen LogP contribution in [-0.2, 0) is 0 Å². The van der Waals surface area contributed by atoms with Crippen LogP contribution < -0.4 is 5.32 Å². The number of halogens is 1. The van der Waals surface area contributed by atoms with Crippen molar-refractivity contribution in [1.82, 2.24) is 15.3 Å². The SMILES string of the molecule is C[C@H](NC(=O)c1cnccn1)c1ccc(F)cc1. The second kappa shape index (κ2) is 5.35. The van der Waals surface area contributed by atoms with Gasteiger partial charge in [0.2, 0.25) is 0 Å². The molecule has 1 aromatic heterocycles. The van der Waals surface area contributed by atoms with Gasteiger partial charge < -0.3 is 5.32 Å². The van der Waals surface area contributed by atoms with Gasteiger partial charge in [0.15, 0.2) is 0 Å². The van der Waals surface area contributed by atoms with Gasteiger partial charge in [0, 0.05) is 12.4 Å². The highest BCUT2D eigenvalue weighted by Gasteiger charge is 2.12. The van der Waals surface area contributed by atoms with Gasteiger partial charge in [0.1, 0.15) is 11.5 Å². The van der Waals surface area contributed by atoms with Gasteiger partial charge in [-0.25, -0.2) is 9.37 Å². The summed E-state index contributed by atoms with van der Waals surface area (Å²) in [6.07, 6.45) is 4.35. The number of hydrogen-bond donors (Lipinski definition) is 1. The molecule has 0 aliphatic carbocycles. The smallest absolute Gasteiger partial charge is 0.271 e. The van der Waals surface area contributed by atoms with Crippen LogP contribution in [0.1, 0.15) is 29.0 Å². The average molecular weight is 245 g/mol. The molecule has 0 radical (unpaired) electrons. The molecule has 2 rings (SSSR count). The summed E-state index contributed by atoms with van der Waals surface area (Å²) in [6, 6.07) is 5.77. The van der Waals surface area contributed by atoms with E-state index in [1.54, 1.807) is 12.1 Å². The van der Waals surface area contributed by atoms with Crippen molar-refractivity contribution in [1.29, 1.82) is 0 Å². The van der Waals surface area contributed by atoms with Crippen LogP contribution in [0.2, 0.25) is 0 Å². The van der Waals surface area contributed by atoms with Gasteiger partial charge in [0.25, 0.3) is 5.91 Å². The van der Waals surface area contributed by atoms with E-state index in [0.29, 0.717) is 0 Å². The van der Waals surface area contributed by atoms with Crippen LogP contribution in [-0.4, -0.2) is 15.9 Å². The summed E-state index contributed by atoms with van der Waals surface area (Å²) >= 11 is 0. The Morgan fingerprint density at radius 3 is 2.61 bits per heavy atom. The first kappa shape index (κ1) is 12.2. The standard InChI is InChI=1S/C13H12FN3O/c1-9(10-2-4-11(14)5-3-10)17-13(18)12-8-15-6-7-16-12/h2-9H,1H3,(H,17,18)/t9-/m0/s1. The third-order valence-electron chi connectivity index (χ3n) is 2.51. The first-order chi connectivity index (χ1) is 8.66. The van der Waals surface area contributed by atoms with Crippen molar-refractivity contribution < 1.29 is 9.18 Å². The fourth-order valence-electron chi connectivity index (χ4n) is 1.52. The van der Waals surface area contributed by atoms with E-state index in [0.717, 1.165) is 5.56 Å². The normalized spacial score (nSPS) is 11.9. The van der Waals surface area contributed by atoms with Gasteiger partial charge in [-0.3, -0.25) is 9.78 Å². The van der Waals surface area contributed by atoms with Crippen molar-refractivity contribution in [3.8, 4) is 0 Å². The fourth-order valence-corrected chi connectivity index (χ4v) is 1.52. The molecule has 0 aliphatic heterocycles. The first-order valence-corrected chi connectivity index (χ1v) is 5.49. The van der Waals surface area contributed by atoms with Gasteiger partial charge >= 0.3 is 0 Å². The third-order valence-corrected chi connectivity index (χ3v) is 2.51. The molecule has 0 saturated heterocycles. The number of nitrogens with one attached hydrogen (secondary N) is 1. The Hall–Kier alpha value is -2.30. The van der Waals surface area contributed by atoms with E-state index in [2.05, 4.69) is 15.3 Å². The number of amides is 1. The monoisotopic (exact) mass is 245 g/mol. The second-order valence-electron chi connectivity index (χ2n) is 3.84. The number of benzene rings is 1. The minimum absolute atomic E-state index is 0.222. The quantitative estimate of drug-likeness (QED) is 0.901. The number of hydrogen-bond acceptors (Lipinski definition) is 3. The maximum Gasteiger partial charge on any atom is 0.271 e. The van der Waals surface area contributed by atoms with Crippen LogP contribution in [0.4, 0.5) is 4.39 Å². The molecule has 1 N–H and O–H groups in total. The van der Waals surface area contributed by atoms with Crippen molar-refractivity contribution in [3.63, 3.8) is 0 Å². The molecule has 0 saturated carbocycles. The van der Waals surface area contributed by atoms with E-state index in [9.17, 15) is 9.18 Å². The third kappa shape index (κ3) is 2.88. The number of carbonyl (C=O) groups excluding carboxylic acids is 1. The van der Waals surface area contributed by atoms with Crippen molar-refractivity contribution in [2.75, 3.05) is 0 Å². The van der Waals surface area contributed by atoms with Crippen molar-refractivity contribution in [2.24, 2.45) is 0 Å². The lowest BCUT2D eigenvalue weighted by molar-refractivity contribution is 0.0934. The van der Waals surface area contributed by atoms with Gasteiger partial charge in [0.05, 0.1) is 12.2 Å². The average Bonchev–Trinajstić information content (AvgIpc) is 2.40. The minimum Gasteiger partial charge on any atom is -0.344 e. The zero-order chi connectivity index (χ0) is 13.0. The zero-order valence-electron chi connectivity index (χ0n) is 9.80. The number of aromatic nitrogens is 2. The van der Waals surface area contributed by atoms with Crippen molar-refractivity contribution >= 4 is 5.91 Å². The van der Waals surface area contributed by atoms with Gasteiger partial charge in [-0.05, 0) is 24.6 Å². The van der Waals surface area contributed by atoms with Gasteiger partial charge in [-0.1, -0.05) is 12.1 Å². The molecule has 92 valence electrons. The van der Waals surface area contributed by atoms with Crippen molar-refractivity contribution in [3.05, 3.63) is 59.9 Å².